The van der Waals surface area contributed by atoms with Gasteiger partial charge in [0.15, 0.2) is 0 Å². The van der Waals surface area contributed by atoms with Crippen molar-refractivity contribution >= 4 is 34.8 Å². The fourth-order valence-electron chi connectivity index (χ4n) is 4.63. The maximum absolute atomic E-state index is 13.4. The van der Waals surface area contributed by atoms with E-state index in [1.54, 1.807) is 0 Å². The molecule has 0 aromatic heterocycles. The van der Waals surface area contributed by atoms with Crippen LogP contribution in [0.2, 0.25) is 5.02 Å². The first-order valence-corrected chi connectivity index (χ1v) is 10.4. The first-order chi connectivity index (χ1) is 13.5. The van der Waals surface area contributed by atoms with Gasteiger partial charge in [-0.3, -0.25) is 9.59 Å². The van der Waals surface area contributed by atoms with E-state index in [0.29, 0.717) is 18.0 Å². The number of benzene rings is 2. The smallest absolute Gasteiger partial charge is 0.235 e. The molecule has 1 aliphatic carbocycles. The van der Waals surface area contributed by atoms with E-state index in [4.69, 9.17) is 11.6 Å². The maximum atomic E-state index is 13.4. The molecule has 2 aliphatic rings. The molecule has 1 N–H and O–H groups in total. The first kappa shape index (κ1) is 19.0. The lowest BCUT2D eigenvalue weighted by atomic mass is 9.78. The third-order valence-electron chi connectivity index (χ3n) is 6.14. The number of rotatable bonds is 4. The summed E-state index contributed by atoms with van der Waals surface area (Å²) in [4.78, 5) is 27.3. The Bertz CT molecular complexity index is 901. The Balaban J connectivity index is 1.60. The maximum Gasteiger partial charge on any atom is 0.235 e. The Morgan fingerprint density at radius 1 is 1.11 bits per heavy atom. The van der Waals surface area contributed by atoms with Crippen LogP contribution in [0.25, 0.3) is 0 Å². The molecule has 2 amide bonds. The lowest BCUT2D eigenvalue weighted by molar-refractivity contribution is -0.121. The zero-order valence-corrected chi connectivity index (χ0v) is 16.9. The Kier molecular flexibility index (Phi) is 5.15. The number of nitrogens with zero attached hydrogens (tertiary/aromatic N) is 1. The molecule has 0 spiro atoms. The van der Waals surface area contributed by atoms with E-state index in [9.17, 15) is 9.59 Å². The Morgan fingerprint density at radius 3 is 2.50 bits per heavy atom. The van der Waals surface area contributed by atoms with E-state index in [1.165, 1.54) is 0 Å². The predicted molar refractivity (Wildman–Crippen MR) is 113 cm³/mol. The van der Waals surface area contributed by atoms with Gasteiger partial charge in [-0.1, -0.05) is 36.6 Å². The molecule has 1 fully saturated rings. The van der Waals surface area contributed by atoms with Crippen molar-refractivity contribution in [3.8, 4) is 0 Å². The van der Waals surface area contributed by atoms with Crippen molar-refractivity contribution in [2.45, 2.75) is 50.9 Å². The highest BCUT2D eigenvalue weighted by atomic mass is 35.5. The van der Waals surface area contributed by atoms with Gasteiger partial charge in [-0.05, 0) is 67.6 Å². The lowest BCUT2D eigenvalue weighted by Gasteiger charge is -2.30. The van der Waals surface area contributed by atoms with Crippen molar-refractivity contribution in [1.82, 2.24) is 0 Å². The van der Waals surface area contributed by atoms with Gasteiger partial charge in [0.05, 0.1) is 5.41 Å². The van der Waals surface area contributed by atoms with Crippen LogP contribution in [0.4, 0.5) is 11.4 Å². The van der Waals surface area contributed by atoms with Gasteiger partial charge in [0.25, 0.3) is 0 Å². The van der Waals surface area contributed by atoms with Gasteiger partial charge >= 0.3 is 0 Å². The molecule has 1 heterocycles. The highest BCUT2D eigenvalue weighted by molar-refractivity contribution is 6.30. The van der Waals surface area contributed by atoms with Gasteiger partial charge < -0.3 is 10.2 Å². The Labute approximate surface area is 170 Å². The normalized spacial score (nSPS) is 18.1. The topological polar surface area (TPSA) is 49.4 Å². The second-order valence-corrected chi connectivity index (χ2v) is 8.17. The molecule has 5 heteroatoms. The summed E-state index contributed by atoms with van der Waals surface area (Å²) in [6.45, 7) is 2.65. The third kappa shape index (κ3) is 3.30. The van der Waals surface area contributed by atoms with Gasteiger partial charge in [-0.2, -0.15) is 0 Å². The number of halogens is 1. The summed E-state index contributed by atoms with van der Waals surface area (Å²) in [5.41, 5.74) is 3.42. The first-order valence-electron chi connectivity index (χ1n) is 10.0. The van der Waals surface area contributed by atoms with Crippen LogP contribution in [0.15, 0.2) is 42.5 Å². The summed E-state index contributed by atoms with van der Waals surface area (Å²) in [6.07, 6.45) is 5.04. The van der Waals surface area contributed by atoms with Crippen molar-refractivity contribution < 1.29 is 9.59 Å². The van der Waals surface area contributed by atoms with Crippen LogP contribution in [0.1, 0.15) is 50.2 Å². The van der Waals surface area contributed by atoms with Gasteiger partial charge in [0.2, 0.25) is 11.8 Å². The van der Waals surface area contributed by atoms with Crippen LogP contribution in [-0.4, -0.2) is 18.4 Å². The summed E-state index contributed by atoms with van der Waals surface area (Å²) in [5.74, 6) is 0.214. The number of carbonyl (C=O) groups is 2. The largest absolute Gasteiger partial charge is 0.325 e. The van der Waals surface area contributed by atoms with Crippen LogP contribution in [0.3, 0.4) is 0 Å². The summed E-state index contributed by atoms with van der Waals surface area (Å²) in [5, 5.41) is 3.84. The summed E-state index contributed by atoms with van der Waals surface area (Å²) in [7, 11) is 0. The molecule has 146 valence electrons. The van der Waals surface area contributed by atoms with Gasteiger partial charge in [0, 0.05) is 29.4 Å². The second-order valence-electron chi connectivity index (χ2n) is 7.73. The molecule has 4 nitrogen and oxygen atoms in total. The molecule has 1 saturated carbocycles. The van der Waals surface area contributed by atoms with E-state index in [1.807, 2.05) is 54.3 Å². The average Bonchev–Trinajstić information content (AvgIpc) is 3.20. The van der Waals surface area contributed by atoms with Crippen molar-refractivity contribution in [3.63, 3.8) is 0 Å². The number of nitrogens with one attached hydrogen (secondary N) is 1. The number of hydrogen-bond donors (Lipinski definition) is 1. The minimum Gasteiger partial charge on any atom is -0.325 e. The molecule has 28 heavy (non-hydrogen) atoms. The summed E-state index contributed by atoms with van der Waals surface area (Å²) in [6, 6.07) is 13.6. The standard InChI is InChI=1S/C23H25ClN2O2/c1-2-26-20-11-10-19(15-16(20)5-12-21(26)27)25-22(28)23(13-3-4-14-23)17-6-8-18(24)9-7-17/h6-11,15H,2-5,12-14H2,1H3,(H,25,28). The van der Waals surface area contributed by atoms with Crippen LogP contribution in [0, 0.1) is 0 Å². The Morgan fingerprint density at radius 2 is 1.82 bits per heavy atom. The molecule has 0 atom stereocenters. The third-order valence-corrected chi connectivity index (χ3v) is 6.39. The highest BCUT2D eigenvalue weighted by Gasteiger charge is 2.42. The number of aryl methyl sites for hydroxylation is 1. The number of hydrogen-bond acceptors (Lipinski definition) is 2. The van der Waals surface area contributed by atoms with Crippen LogP contribution < -0.4 is 10.2 Å². The van der Waals surface area contributed by atoms with Crippen molar-refractivity contribution in [3.05, 3.63) is 58.6 Å². The number of amides is 2. The fraction of sp³-hybridized carbons (Fsp3) is 0.391. The van der Waals surface area contributed by atoms with E-state index in [0.717, 1.165) is 54.6 Å². The molecule has 0 radical (unpaired) electrons. The number of anilines is 2. The summed E-state index contributed by atoms with van der Waals surface area (Å²) >= 11 is 6.05. The van der Waals surface area contributed by atoms with E-state index < -0.39 is 5.41 Å². The quantitative estimate of drug-likeness (QED) is 0.782. The highest BCUT2D eigenvalue weighted by Crippen LogP contribution is 2.42. The fourth-order valence-corrected chi connectivity index (χ4v) is 4.76. The predicted octanol–water partition coefficient (Wildman–Crippen LogP) is 5.09. The molecule has 0 unspecified atom stereocenters. The monoisotopic (exact) mass is 396 g/mol. The minimum absolute atomic E-state index is 0.0477. The van der Waals surface area contributed by atoms with Gasteiger partial charge in [-0.15, -0.1) is 0 Å². The van der Waals surface area contributed by atoms with E-state index >= 15 is 0 Å². The molecule has 1 aliphatic heterocycles. The van der Waals surface area contributed by atoms with Crippen LogP contribution >= 0.6 is 11.6 Å². The van der Waals surface area contributed by atoms with Crippen molar-refractivity contribution in [1.29, 1.82) is 0 Å². The Hall–Kier alpha value is -2.33. The minimum atomic E-state index is -0.494. The van der Waals surface area contributed by atoms with Crippen LogP contribution in [-0.2, 0) is 21.4 Å². The van der Waals surface area contributed by atoms with Crippen molar-refractivity contribution in [2.24, 2.45) is 0 Å². The van der Waals surface area contributed by atoms with Crippen molar-refractivity contribution in [2.75, 3.05) is 16.8 Å². The molecular formula is C23H25ClN2O2. The lowest BCUT2D eigenvalue weighted by Crippen LogP contribution is -2.38. The molecule has 0 saturated heterocycles. The molecular weight excluding hydrogens is 372 g/mol. The SMILES string of the molecule is CCN1C(=O)CCc2cc(NC(=O)C3(c4ccc(Cl)cc4)CCCC3)ccc21. The molecule has 2 aromatic carbocycles. The van der Waals surface area contributed by atoms with Crippen LogP contribution in [0.5, 0.6) is 0 Å². The van der Waals surface area contributed by atoms with Gasteiger partial charge in [0.1, 0.15) is 0 Å². The van der Waals surface area contributed by atoms with E-state index in [-0.39, 0.29) is 11.8 Å². The second kappa shape index (κ2) is 7.59. The molecule has 2 aromatic rings. The van der Waals surface area contributed by atoms with E-state index in [2.05, 4.69) is 5.32 Å². The zero-order valence-electron chi connectivity index (χ0n) is 16.1. The van der Waals surface area contributed by atoms with Gasteiger partial charge in [-0.25, -0.2) is 0 Å². The number of carbonyl (C=O) groups excluding carboxylic acids is 2. The summed E-state index contributed by atoms with van der Waals surface area (Å²) < 4.78 is 0. The zero-order chi connectivity index (χ0) is 19.7. The molecule has 4 rings (SSSR count). The number of fused-ring (bicyclic) bond motifs is 1. The average molecular weight is 397 g/mol. The molecule has 0 bridgehead atoms.